The average Bonchev–Trinajstić information content (AvgIpc) is 3.12. The number of hydrogen-bond acceptors (Lipinski definition) is 4. The minimum atomic E-state index is -1.03. The van der Waals surface area contributed by atoms with Crippen LogP contribution in [0.25, 0.3) is 10.9 Å². The predicted octanol–water partition coefficient (Wildman–Crippen LogP) is 2.42. The first-order chi connectivity index (χ1) is 9.58. The zero-order valence-corrected chi connectivity index (χ0v) is 11.6. The van der Waals surface area contributed by atoms with Gasteiger partial charge in [0.05, 0.1) is 11.2 Å². The van der Waals surface area contributed by atoms with Crippen LogP contribution in [-0.4, -0.2) is 34.9 Å². The van der Waals surface area contributed by atoms with E-state index in [1.807, 2.05) is 36.2 Å². The van der Waals surface area contributed by atoms with Crippen molar-refractivity contribution < 1.29 is 9.90 Å². The molecule has 0 amide bonds. The molecule has 0 saturated heterocycles. The molecular formula is C15H17N3O2. The third kappa shape index (κ3) is 2.19. The number of fused-ring (bicyclic) bond motifs is 1. The van der Waals surface area contributed by atoms with E-state index >= 15 is 0 Å². The van der Waals surface area contributed by atoms with Gasteiger partial charge in [-0.25, -0.2) is 4.79 Å². The number of benzene rings is 1. The van der Waals surface area contributed by atoms with Gasteiger partial charge >= 0.3 is 5.97 Å². The standard InChI is InChI=1S/C15H17N3O2/c1-9-7-10(9)8-18(2)14-11-5-3-4-6-12(11)16-17-13(14)15(19)20/h3-6,9-10H,7-8H2,1-2H3,(H,19,20). The van der Waals surface area contributed by atoms with Gasteiger partial charge in [-0.1, -0.05) is 25.1 Å². The number of carboxylic acids is 1. The second-order valence-electron chi connectivity index (χ2n) is 5.57. The monoisotopic (exact) mass is 271 g/mol. The first-order valence-corrected chi connectivity index (χ1v) is 6.77. The van der Waals surface area contributed by atoms with Crippen LogP contribution < -0.4 is 4.90 Å². The highest BCUT2D eigenvalue weighted by Crippen LogP contribution is 2.39. The molecule has 5 nitrogen and oxygen atoms in total. The Kier molecular flexibility index (Phi) is 3.04. The molecular weight excluding hydrogens is 254 g/mol. The lowest BCUT2D eigenvalue weighted by atomic mass is 10.1. The van der Waals surface area contributed by atoms with Crippen LogP contribution >= 0.6 is 0 Å². The van der Waals surface area contributed by atoms with Gasteiger partial charge in [0.2, 0.25) is 0 Å². The van der Waals surface area contributed by atoms with Crippen molar-refractivity contribution in [2.45, 2.75) is 13.3 Å². The number of hydrogen-bond donors (Lipinski definition) is 1. The van der Waals surface area contributed by atoms with Gasteiger partial charge in [-0.05, 0) is 24.3 Å². The van der Waals surface area contributed by atoms with Gasteiger partial charge in [-0.3, -0.25) is 0 Å². The predicted molar refractivity (Wildman–Crippen MR) is 77.0 cm³/mol. The maximum Gasteiger partial charge on any atom is 0.358 e. The van der Waals surface area contributed by atoms with Crippen LogP contribution in [0.15, 0.2) is 24.3 Å². The van der Waals surface area contributed by atoms with Crippen molar-refractivity contribution in [3.8, 4) is 0 Å². The Labute approximate surface area is 117 Å². The van der Waals surface area contributed by atoms with E-state index in [1.165, 1.54) is 6.42 Å². The Morgan fingerprint density at radius 1 is 1.40 bits per heavy atom. The summed E-state index contributed by atoms with van der Waals surface area (Å²) in [5, 5.41) is 18.1. The molecule has 20 heavy (non-hydrogen) atoms. The largest absolute Gasteiger partial charge is 0.476 e. The first-order valence-electron chi connectivity index (χ1n) is 6.77. The quantitative estimate of drug-likeness (QED) is 0.925. The first kappa shape index (κ1) is 12.8. The second kappa shape index (κ2) is 4.74. The average molecular weight is 271 g/mol. The van der Waals surface area contributed by atoms with Crippen LogP contribution in [0, 0.1) is 11.8 Å². The zero-order chi connectivity index (χ0) is 14.3. The SMILES string of the molecule is CC1CC1CN(C)c1c(C(=O)O)nnc2ccccc12. The van der Waals surface area contributed by atoms with Crippen LogP contribution in [0.3, 0.4) is 0 Å². The summed E-state index contributed by atoms with van der Waals surface area (Å²) in [5.41, 5.74) is 1.42. The molecule has 1 aliphatic carbocycles. The molecule has 104 valence electrons. The molecule has 0 bridgehead atoms. The molecule has 2 unspecified atom stereocenters. The van der Waals surface area contributed by atoms with Gasteiger partial charge in [0.15, 0.2) is 5.69 Å². The zero-order valence-electron chi connectivity index (χ0n) is 11.6. The lowest BCUT2D eigenvalue weighted by molar-refractivity contribution is 0.0690. The summed E-state index contributed by atoms with van der Waals surface area (Å²) in [5.74, 6) is 0.342. The van der Waals surface area contributed by atoms with Crippen LogP contribution in [0.1, 0.15) is 23.8 Å². The van der Waals surface area contributed by atoms with Crippen molar-refractivity contribution in [1.82, 2.24) is 10.2 Å². The molecule has 1 aromatic carbocycles. The van der Waals surface area contributed by atoms with Crippen LogP contribution in [-0.2, 0) is 0 Å². The fraction of sp³-hybridized carbons (Fsp3) is 0.400. The Hall–Kier alpha value is -2.17. The van der Waals surface area contributed by atoms with E-state index in [9.17, 15) is 9.90 Å². The Morgan fingerprint density at radius 3 is 2.75 bits per heavy atom. The summed E-state index contributed by atoms with van der Waals surface area (Å²) >= 11 is 0. The minimum Gasteiger partial charge on any atom is -0.476 e. The lowest BCUT2D eigenvalue weighted by Gasteiger charge is -2.22. The summed E-state index contributed by atoms with van der Waals surface area (Å²) < 4.78 is 0. The summed E-state index contributed by atoms with van der Waals surface area (Å²) in [6.45, 7) is 3.08. The Bertz CT molecular complexity index is 671. The van der Waals surface area contributed by atoms with Crippen LogP contribution in [0.5, 0.6) is 0 Å². The molecule has 0 aliphatic heterocycles. The maximum absolute atomic E-state index is 11.4. The highest BCUT2D eigenvalue weighted by Gasteiger charge is 2.34. The number of aromatic nitrogens is 2. The van der Waals surface area contributed by atoms with E-state index in [0.29, 0.717) is 11.6 Å². The minimum absolute atomic E-state index is 0.0273. The molecule has 1 N–H and O–H groups in total. The van der Waals surface area contributed by atoms with Gasteiger partial charge < -0.3 is 10.0 Å². The molecule has 0 radical (unpaired) electrons. The second-order valence-corrected chi connectivity index (χ2v) is 5.57. The fourth-order valence-corrected chi connectivity index (χ4v) is 2.67. The van der Waals surface area contributed by atoms with Gasteiger partial charge in [-0.2, -0.15) is 0 Å². The number of anilines is 1. The van der Waals surface area contributed by atoms with E-state index in [1.54, 1.807) is 0 Å². The smallest absolute Gasteiger partial charge is 0.358 e. The number of rotatable bonds is 4. The summed E-state index contributed by atoms with van der Waals surface area (Å²) in [4.78, 5) is 13.4. The molecule has 0 spiro atoms. The molecule has 1 saturated carbocycles. The van der Waals surface area contributed by atoms with Crippen molar-refractivity contribution >= 4 is 22.6 Å². The number of nitrogens with zero attached hydrogens (tertiary/aromatic N) is 3. The Morgan fingerprint density at radius 2 is 2.10 bits per heavy atom. The molecule has 5 heteroatoms. The summed E-state index contributed by atoms with van der Waals surface area (Å²) in [6, 6.07) is 7.53. The van der Waals surface area contributed by atoms with Crippen molar-refractivity contribution in [3.63, 3.8) is 0 Å². The molecule has 1 aliphatic rings. The van der Waals surface area contributed by atoms with E-state index in [2.05, 4.69) is 17.1 Å². The summed E-state index contributed by atoms with van der Waals surface area (Å²) in [6.07, 6.45) is 1.21. The van der Waals surface area contributed by atoms with E-state index in [4.69, 9.17) is 0 Å². The number of carboxylic acid groups (broad SMARTS) is 1. The topological polar surface area (TPSA) is 66.3 Å². The van der Waals surface area contributed by atoms with Gasteiger partial charge in [0.25, 0.3) is 0 Å². The molecule has 1 heterocycles. The van der Waals surface area contributed by atoms with Gasteiger partial charge in [0, 0.05) is 19.0 Å². The van der Waals surface area contributed by atoms with Crippen molar-refractivity contribution in [3.05, 3.63) is 30.0 Å². The molecule has 2 aromatic rings. The number of aromatic carboxylic acids is 1. The van der Waals surface area contributed by atoms with Gasteiger partial charge in [0.1, 0.15) is 0 Å². The number of carbonyl (C=O) groups is 1. The summed E-state index contributed by atoms with van der Waals surface area (Å²) in [7, 11) is 1.93. The van der Waals surface area contributed by atoms with E-state index in [-0.39, 0.29) is 5.69 Å². The highest BCUT2D eigenvalue weighted by molar-refractivity contribution is 6.02. The van der Waals surface area contributed by atoms with Crippen LogP contribution in [0.4, 0.5) is 5.69 Å². The lowest BCUT2D eigenvalue weighted by Crippen LogP contribution is -2.24. The Balaban J connectivity index is 2.09. The fourth-order valence-electron chi connectivity index (χ4n) is 2.67. The van der Waals surface area contributed by atoms with E-state index < -0.39 is 5.97 Å². The molecule has 3 rings (SSSR count). The third-order valence-corrected chi connectivity index (χ3v) is 4.01. The van der Waals surface area contributed by atoms with Crippen molar-refractivity contribution in [2.75, 3.05) is 18.5 Å². The van der Waals surface area contributed by atoms with Crippen LogP contribution in [0.2, 0.25) is 0 Å². The van der Waals surface area contributed by atoms with Gasteiger partial charge in [-0.15, -0.1) is 10.2 Å². The molecule has 1 fully saturated rings. The highest BCUT2D eigenvalue weighted by atomic mass is 16.4. The third-order valence-electron chi connectivity index (χ3n) is 4.01. The van der Waals surface area contributed by atoms with E-state index in [0.717, 1.165) is 23.4 Å². The normalized spacial score (nSPS) is 20.9. The molecule has 2 atom stereocenters. The maximum atomic E-state index is 11.4. The van der Waals surface area contributed by atoms with Crippen molar-refractivity contribution in [2.24, 2.45) is 11.8 Å². The molecule has 1 aromatic heterocycles. The van der Waals surface area contributed by atoms with Crippen molar-refractivity contribution in [1.29, 1.82) is 0 Å².